The Bertz CT molecular complexity index is 1030. The van der Waals surface area contributed by atoms with Crippen molar-refractivity contribution in [3.8, 4) is 0 Å². The van der Waals surface area contributed by atoms with E-state index in [-0.39, 0.29) is 24.4 Å². The number of benzene rings is 3. The zero-order valence-corrected chi connectivity index (χ0v) is 17.2. The van der Waals surface area contributed by atoms with E-state index in [1.165, 1.54) is 5.56 Å². The molecule has 4 heteroatoms. The number of hydrogen-bond donors (Lipinski definition) is 1. The van der Waals surface area contributed by atoms with Crippen LogP contribution in [0.25, 0.3) is 0 Å². The topological polar surface area (TPSA) is 49.4 Å². The average molecular weight is 399 g/mol. The quantitative estimate of drug-likeness (QED) is 0.665. The number of nitrogens with one attached hydrogen (secondary N) is 1. The molecule has 1 N–H and O–H groups in total. The van der Waals surface area contributed by atoms with E-state index >= 15 is 0 Å². The zero-order valence-electron chi connectivity index (χ0n) is 17.2. The van der Waals surface area contributed by atoms with Crippen LogP contribution in [0.1, 0.15) is 41.1 Å². The first kappa shape index (κ1) is 19.9. The molecule has 3 aromatic carbocycles. The van der Waals surface area contributed by atoms with Crippen LogP contribution in [0.2, 0.25) is 0 Å². The lowest BCUT2D eigenvalue weighted by Crippen LogP contribution is -2.38. The number of rotatable bonds is 5. The third kappa shape index (κ3) is 4.43. The standard InChI is InChI=1S/C26H26N2O2/c1-19-15-16-23-22(17-19)26(21-12-6-3-7-13-21)28(18-24(29)27-23)25(30)14-8-11-20-9-4-2-5-10-20/h2-7,9-10,12-13,15-17,26H,8,11,14,18H2,1H3,(H,27,29). The average Bonchev–Trinajstić information content (AvgIpc) is 2.90. The van der Waals surface area contributed by atoms with Gasteiger partial charge in [-0.25, -0.2) is 0 Å². The van der Waals surface area contributed by atoms with Gasteiger partial charge in [0.05, 0.1) is 6.04 Å². The summed E-state index contributed by atoms with van der Waals surface area (Å²) in [6.07, 6.45) is 2.01. The van der Waals surface area contributed by atoms with Gasteiger partial charge in [0.15, 0.2) is 0 Å². The van der Waals surface area contributed by atoms with Crippen molar-refractivity contribution in [2.75, 3.05) is 11.9 Å². The van der Waals surface area contributed by atoms with Crippen LogP contribution in [0, 0.1) is 6.92 Å². The Hall–Kier alpha value is -3.40. The number of nitrogens with zero attached hydrogens (tertiary/aromatic N) is 1. The largest absolute Gasteiger partial charge is 0.324 e. The van der Waals surface area contributed by atoms with Gasteiger partial charge in [-0.2, -0.15) is 0 Å². The van der Waals surface area contributed by atoms with Crippen molar-refractivity contribution >= 4 is 17.5 Å². The molecule has 152 valence electrons. The number of carbonyl (C=O) groups excluding carboxylic acids is 2. The van der Waals surface area contributed by atoms with E-state index < -0.39 is 0 Å². The number of fused-ring (bicyclic) bond motifs is 1. The lowest BCUT2D eigenvalue weighted by atomic mass is 9.94. The van der Waals surface area contributed by atoms with Crippen LogP contribution in [-0.2, 0) is 16.0 Å². The van der Waals surface area contributed by atoms with Crippen molar-refractivity contribution in [1.29, 1.82) is 0 Å². The molecule has 2 amide bonds. The van der Waals surface area contributed by atoms with Crippen molar-refractivity contribution in [3.63, 3.8) is 0 Å². The van der Waals surface area contributed by atoms with Crippen LogP contribution < -0.4 is 5.32 Å². The number of hydrogen-bond acceptors (Lipinski definition) is 2. The van der Waals surface area contributed by atoms with Gasteiger partial charge in [0.2, 0.25) is 11.8 Å². The number of aryl methyl sites for hydroxylation is 2. The molecule has 3 aromatic rings. The summed E-state index contributed by atoms with van der Waals surface area (Å²) in [4.78, 5) is 27.7. The molecule has 0 fully saturated rings. The molecule has 0 saturated carbocycles. The summed E-state index contributed by atoms with van der Waals surface area (Å²) in [6, 6.07) is 25.8. The molecule has 1 unspecified atom stereocenters. The van der Waals surface area contributed by atoms with E-state index in [1.807, 2.05) is 67.6 Å². The molecule has 4 rings (SSSR count). The van der Waals surface area contributed by atoms with Crippen LogP contribution >= 0.6 is 0 Å². The third-order valence-corrected chi connectivity index (χ3v) is 5.54. The summed E-state index contributed by atoms with van der Waals surface area (Å²) in [7, 11) is 0. The molecule has 0 aliphatic carbocycles. The summed E-state index contributed by atoms with van der Waals surface area (Å²) in [5, 5.41) is 2.98. The Morgan fingerprint density at radius 1 is 1.00 bits per heavy atom. The Morgan fingerprint density at radius 3 is 2.43 bits per heavy atom. The SMILES string of the molecule is Cc1ccc2c(c1)C(c1ccccc1)N(C(=O)CCCc1ccccc1)CC(=O)N2. The molecule has 0 aromatic heterocycles. The Morgan fingerprint density at radius 2 is 1.70 bits per heavy atom. The maximum absolute atomic E-state index is 13.3. The maximum Gasteiger partial charge on any atom is 0.244 e. The van der Waals surface area contributed by atoms with Crippen LogP contribution in [0.4, 0.5) is 5.69 Å². The summed E-state index contributed by atoms with van der Waals surface area (Å²) < 4.78 is 0. The molecular weight excluding hydrogens is 372 g/mol. The van der Waals surface area contributed by atoms with E-state index in [0.29, 0.717) is 6.42 Å². The van der Waals surface area contributed by atoms with Crippen LogP contribution in [0.5, 0.6) is 0 Å². The number of anilines is 1. The zero-order chi connectivity index (χ0) is 20.9. The normalized spacial score (nSPS) is 15.8. The van der Waals surface area contributed by atoms with Gasteiger partial charge in [-0.15, -0.1) is 0 Å². The first-order chi connectivity index (χ1) is 14.6. The van der Waals surface area contributed by atoms with Crippen molar-refractivity contribution in [1.82, 2.24) is 4.90 Å². The second kappa shape index (κ2) is 8.95. The summed E-state index contributed by atoms with van der Waals surface area (Å²) in [5.74, 6) is -0.153. The Balaban J connectivity index is 1.63. The fraction of sp³-hybridized carbons (Fsp3) is 0.231. The number of carbonyl (C=O) groups is 2. The highest BCUT2D eigenvalue weighted by Crippen LogP contribution is 2.36. The van der Waals surface area contributed by atoms with Crippen LogP contribution in [0.15, 0.2) is 78.9 Å². The summed E-state index contributed by atoms with van der Waals surface area (Å²) in [5.41, 5.74) is 5.07. The van der Waals surface area contributed by atoms with Gasteiger partial charge in [-0.3, -0.25) is 9.59 Å². The molecule has 4 nitrogen and oxygen atoms in total. The minimum atomic E-state index is -0.288. The predicted octanol–water partition coefficient (Wildman–Crippen LogP) is 4.89. The van der Waals surface area contributed by atoms with Gasteiger partial charge in [0.1, 0.15) is 6.54 Å². The predicted molar refractivity (Wildman–Crippen MR) is 119 cm³/mol. The molecule has 0 radical (unpaired) electrons. The fourth-order valence-corrected chi connectivity index (χ4v) is 4.08. The van der Waals surface area contributed by atoms with Crippen molar-refractivity contribution in [2.45, 2.75) is 32.2 Å². The molecule has 30 heavy (non-hydrogen) atoms. The van der Waals surface area contributed by atoms with Crippen molar-refractivity contribution in [3.05, 3.63) is 101 Å². The Kier molecular flexibility index (Phi) is 5.94. The monoisotopic (exact) mass is 398 g/mol. The lowest BCUT2D eigenvalue weighted by molar-refractivity contribution is -0.136. The second-order valence-electron chi connectivity index (χ2n) is 7.81. The van der Waals surface area contributed by atoms with E-state index in [2.05, 4.69) is 23.5 Å². The molecular formula is C26H26N2O2. The molecule has 1 heterocycles. The first-order valence-electron chi connectivity index (χ1n) is 10.4. The van der Waals surface area contributed by atoms with Gasteiger partial charge < -0.3 is 10.2 Å². The molecule has 1 atom stereocenters. The van der Waals surface area contributed by atoms with E-state index in [4.69, 9.17) is 0 Å². The second-order valence-corrected chi connectivity index (χ2v) is 7.81. The smallest absolute Gasteiger partial charge is 0.244 e. The maximum atomic E-state index is 13.3. The minimum absolute atomic E-state index is 0.00397. The lowest BCUT2D eigenvalue weighted by Gasteiger charge is -2.31. The highest BCUT2D eigenvalue weighted by molar-refractivity contribution is 5.97. The molecule has 0 saturated heterocycles. The fourth-order valence-electron chi connectivity index (χ4n) is 4.08. The van der Waals surface area contributed by atoms with Crippen molar-refractivity contribution < 1.29 is 9.59 Å². The van der Waals surface area contributed by atoms with Gasteiger partial charge in [-0.05, 0) is 37.0 Å². The van der Waals surface area contributed by atoms with Gasteiger partial charge in [-0.1, -0.05) is 78.4 Å². The third-order valence-electron chi connectivity index (χ3n) is 5.54. The van der Waals surface area contributed by atoms with Crippen LogP contribution in [-0.4, -0.2) is 23.3 Å². The highest BCUT2D eigenvalue weighted by atomic mass is 16.2. The highest BCUT2D eigenvalue weighted by Gasteiger charge is 2.33. The summed E-state index contributed by atoms with van der Waals surface area (Å²) in [6.45, 7) is 2.08. The van der Waals surface area contributed by atoms with E-state index in [0.717, 1.165) is 35.2 Å². The molecule has 0 bridgehead atoms. The van der Waals surface area contributed by atoms with Gasteiger partial charge >= 0.3 is 0 Å². The summed E-state index contributed by atoms with van der Waals surface area (Å²) >= 11 is 0. The van der Waals surface area contributed by atoms with E-state index in [1.54, 1.807) is 4.90 Å². The van der Waals surface area contributed by atoms with E-state index in [9.17, 15) is 9.59 Å². The minimum Gasteiger partial charge on any atom is -0.324 e. The van der Waals surface area contributed by atoms with Gasteiger partial charge in [0, 0.05) is 17.7 Å². The molecule has 1 aliphatic rings. The van der Waals surface area contributed by atoms with Gasteiger partial charge in [0.25, 0.3) is 0 Å². The van der Waals surface area contributed by atoms with Crippen LogP contribution in [0.3, 0.4) is 0 Å². The molecule has 0 spiro atoms. The Labute approximate surface area is 177 Å². The molecule has 1 aliphatic heterocycles. The van der Waals surface area contributed by atoms with Crippen molar-refractivity contribution in [2.24, 2.45) is 0 Å². The number of amides is 2. The first-order valence-corrected chi connectivity index (χ1v) is 10.4.